The Morgan fingerprint density at radius 2 is 2.23 bits per heavy atom. The minimum absolute atomic E-state index is 0.174. The Balaban J connectivity index is 2.37. The lowest BCUT2D eigenvalue weighted by Crippen LogP contribution is -2.07. The number of hydrogen-bond acceptors (Lipinski definition) is 4. The molecule has 0 unspecified atom stereocenters. The molecular formula is C9H13N3O. The minimum Gasteiger partial charge on any atom is -0.368 e. The first-order valence-electron chi connectivity index (χ1n) is 4.22. The molecule has 1 rings (SSSR count). The van der Waals surface area contributed by atoms with E-state index in [0.717, 1.165) is 5.69 Å². The van der Waals surface area contributed by atoms with E-state index in [-0.39, 0.29) is 5.78 Å². The summed E-state index contributed by atoms with van der Waals surface area (Å²) in [6.07, 6.45) is 0.523. The molecule has 0 radical (unpaired) electrons. The van der Waals surface area contributed by atoms with Gasteiger partial charge in [0, 0.05) is 13.0 Å². The standard InChI is InChI=1S/C9H13N3O/c1-7-3-4-9(12-11-7)10-6-5-8(2)13/h3-4H,5-6H2,1-2H3,(H,10,12). The van der Waals surface area contributed by atoms with Crippen LogP contribution in [0.5, 0.6) is 0 Å². The molecule has 4 heteroatoms. The van der Waals surface area contributed by atoms with Gasteiger partial charge < -0.3 is 5.32 Å². The van der Waals surface area contributed by atoms with Crippen molar-refractivity contribution < 1.29 is 4.79 Å². The summed E-state index contributed by atoms with van der Waals surface area (Å²) in [5.41, 5.74) is 0.886. The van der Waals surface area contributed by atoms with Crippen molar-refractivity contribution >= 4 is 11.6 Å². The third kappa shape index (κ3) is 3.64. The largest absolute Gasteiger partial charge is 0.368 e. The van der Waals surface area contributed by atoms with Gasteiger partial charge in [0.05, 0.1) is 5.69 Å². The molecule has 70 valence electrons. The van der Waals surface area contributed by atoms with Crippen LogP contribution < -0.4 is 5.32 Å². The van der Waals surface area contributed by atoms with Crippen molar-refractivity contribution in [1.29, 1.82) is 0 Å². The quantitative estimate of drug-likeness (QED) is 0.754. The summed E-state index contributed by atoms with van der Waals surface area (Å²) in [4.78, 5) is 10.6. The molecule has 0 bridgehead atoms. The summed E-state index contributed by atoms with van der Waals surface area (Å²) in [5.74, 6) is 0.888. The van der Waals surface area contributed by atoms with Gasteiger partial charge in [-0.05, 0) is 26.0 Å². The summed E-state index contributed by atoms with van der Waals surface area (Å²) >= 11 is 0. The average Bonchev–Trinajstić information content (AvgIpc) is 2.08. The fraction of sp³-hybridized carbons (Fsp3) is 0.444. The first kappa shape index (κ1) is 9.64. The van der Waals surface area contributed by atoms with E-state index < -0.39 is 0 Å². The third-order valence-electron chi connectivity index (χ3n) is 1.58. The SMILES string of the molecule is CC(=O)CCNc1ccc(C)nn1. The number of ketones is 1. The molecule has 0 aliphatic carbocycles. The highest BCUT2D eigenvalue weighted by molar-refractivity contribution is 5.75. The zero-order valence-corrected chi connectivity index (χ0v) is 7.87. The Morgan fingerprint density at radius 1 is 1.46 bits per heavy atom. The molecule has 0 aromatic carbocycles. The fourth-order valence-corrected chi connectivity index (χ4v) is 0.860. The van der Waals surface area contributed by atoms with Crippen LogP contribution in [-0.4, -0.2) is 22.5 Å². The van der Waals surface area contributed by atoms with E-state index in [9.17, 15) is 4.79 Å². The third-order valence-corrected chi connectivity index (χ3v) is 1.58. The predicted molar refractivity (Wildman–Crippen MR) is 50.6 cm³/mol. The molecule has 1 aromatic rings. The first-order chi connectivity index (χ1) is 6.18. The number of anilines is 1. The first-order valence-corrected chi connectivity index (χ1v) is 4.22. The highest BCUT2D eigenvalue weighted by Gasteiger charge is 1.95. The Kier molecular flexibility index (Phi) is 3.37. The van der Waals surface area contributed by atoms with E-state index in [1.54, 1.807) is 6.92 Å². The number of nitrogens with zero attached hydrogens (tertiary/aromatic N) is 2. The monoisotopic (exact) mass is 179 g/mol. The van der Waals surface area contributed by atoms with E-state index >= 15 is 0 Å². The topological polar surface area (TPSA) is 54.9 Å². The Morgan fingerprint density at radius 3 is 2.77 bits per heavy atom. The summed E-state index contributed by atoms with van der Waals surface area (Å²) < 4.78 is 0. The van der Waals surface area contributed by atoms with Crippen LogP contribution in [0.2, 0.25) is 0 Å². The van der Waals surface area contributed by atoms with E-state index in [1.807, 2.05) is 19.1 Å². The number of nitrogens with one attached hydrogen (secondary N) is 1. The highest BCUT2D eigenvalue weighted by atomic mass is 16.1. The van der Waals surface area contributed by atoms with E-state index in [4.69, 9.17) is 0 Å². The number of carbonyl (C=O) groups is 1. The van der Waals surface area contributed by atoms with Crippen molar-refractivity contribution in [3.8, 4) is 0 Å². The summed E-state index contributed by atoms with van der Waals surface area (Å²) in [7, 11) is 0. The van der Waals surface area contributed by atoms with E-state index in [2.05, 4.69) is 15.5 Å². The van der Waals surface area contributed by atoms with Gasteiger partial charge in [0.1, 0.15) is 11.6 Å². The molecule has 1 N–H and O–H groups in total. The smallest absolute Gasteiger partial charge is 0.148 e. The van der Waals surface area contributed by atoms with Gasteiger partial charge in [-0.1, -0.05) is 0 Å². The molecule has 4 nitrogen and oxygen atoms in total. The fourth-order valence-electron chi connectivity index (χ4n) is 0.860. The molecule has 1 aromatic heterocycles. The van der Waals surface area contributed by atoms with Crippen LogP contribution in [-0.2, 0) is 4.79 Å². The molecule has 0 aliphatic rings. The lowest BCUT2D eigenvalue weighted by molar-refractivity contribution is -0.116. The number of rotatable bonds is 4. The molecular weight excluding hydrogens is 166 g/mol. The van der Waals surface area contributed by atoms with Gasteiger partial charge in [-0.15, -0.1) is 5.10 Å². The lowest BCUT2D eigenvalue weighted by atomic mass is 10.3. The van der Waals surface area contributed by atoms with Crippen molar-refractivity contribution in [3.05, 3.63) is 17.8 Å². The summed E-state index contributed by atoms with van der Waals surface area (Å²) in [6.45, 7) is 4.07. The maximum atomic E-state index is 10.6. The molecule has 0 amide bonds. The van der Waals surface area contributed by atoms with Crippen molar-refractivity contribution in [2.45, 2.75) is 20.3 Å². The second kappa shape index (κ2) is 4.54. The Bertz CT molecular complexity index is 281. The number of Topliss-reactive ketones (excluding diaryl/α,β-unsaturated/α-hetero) is 1. The van der Waals surface area contributed by atoms with Crippen molar-refractivity contribution in [3.63, 3.8) is 0 Å². The molecule has 0 saturated carbocycles. The van der Waals surface area contributed by atoms with Gasteiger partial charge in [-0.3, -0.25) is 4.79 Å². The Hall–Kier alpha value is -1.45. The zero-order chi connectivity index (χ0) is 9.68. The van der Waals surface area contributed by atoms with E-state index in [0.29, 0.717) is 18.8 Å². The molecule has 13 heavy (non-hydrogen) atoms. The average molecular weight is 179 g/mol. The van der Waals surface area contributed by atoms with Gasteiger partial charge >= 0.3 is 0 Å². The van der Waals surface area contributed by atoms with Gasteiger partial charge in [0.25, 0.3) is 0 Å². The zero-order valence-electron chi connectivity index (χ0n) is 7.87. The second-order valence-corrected chi connectivity index (χ2v) is 2.94. The van der Waals surface area contributed by atoms with Crippen molar-refractivity contribution in [1.82, 2.24) is 10.2 Å². The van der Waals surface area contributed by atoms with Gasteiger partial charge in [0.2, 0.25) is 0 Å². The summed E-state index contributed by atoms with van der Waals surface area (Å²) in [6, 6.07) is 3.73. The highest BCUT2D eigenvalue weighted by Crippen LogP contribution is 2.00. The second-order valence-electron chi connectivity index (χ2n) is 2.94. The van der Waals surface area contributed by atoms with Gasteiger partial charge in [0.15, 0.2) is 0 Å². The van der Waals surface area contributed by atoms with Crippen LogP contribution >= 0.6 is 0 Å². The maximum absolute atomic E-state index is 10.6. The number of hydrogen-bond donors (Lipinski definition) is 1. The molecule has 0 spiro atoms. The maximum Gasteiger partial charge on any atom is 0.148 e. The minimum atomic E-state index is 0.174. The van der Waals surface area contributed by atoms with Crippen molar-refractivity contribution in [2.24, 2.45) is 0 Å². The normalized spacial score (nSPS) is 9.69. The number of aromatic nitrogens is 2. The molecule has 0 atom stereocenters. The van der Waals surface area contributed by atoms with Crippen molar-refractivity contribution in [2.75, 3.05) is 11.9 Å². The van der Waals surface area contributed by atoms with Crippen LogP contribution in [0.15, 0.2) is 12.1 Å². The molecule has 0 saturated heterocycles. The number of aryl methyl sites for hydroxylation is 1. The van der Waals surface area contributed by atoms with Gasteiger partial charge in [-0.2, -0.15) is 5.10 Å². The Labute approximate surface area is 77.4 Å². The molecule has 0 aliphatic heterocycles. The molecule has 1 heterocycles. The van der Waals surface area contributed by atoms with Gasteiger partial charge in [-0.25, -0.2) is 0 Å². The lowest BCUT2D eigenvalue weighted by Gasteiger charge is -2.02. The van der Waals surface area contributed by atoms with Crippen LogP contribution in [0.1, 0.15) is 19.0 Å². The van der Waals surface area contributed by atoms with Crippen LogP contribution in [0.25, 0.3) is 0 Å². The van der Waals surface area contributed by atoms with Crippen LogP contribution in [0.4, 0.5) is 5.82 Å². The predicted octanol–water partition coefficient (Wildman–Crippen LogP) is 1.18. The number of carbonyl (C=O) groups excluding carboxylic acids is 1. The van der Waals surface area contributed by atoms with Crippen LogP contribution in [0.3, 0.4) is 0 Å². The summed E-state index contributed by atoms with van der Waals surface area (Å²) in [5, 5.41) is 10.8. The molecule has 0 fully saturated rings. The van der Waals surface area contributed by atoms with E-state index in [1.165, 1.54) is 0 Å². The van der Waals surface area contributed by atoms with Crippen LogP contribution in [0, 0.1) is 6.92 Å².